The number of nitrogens with one attached hydrogen (secondary N) is 1. The van der Waals surface area contributed by atoms with Crippen molar-refractivity contribution in [2.24, 2.45) is 9.98 Å². The number of aromatic nitrogens is 1. The normalized spacial score (nSPS) is 16.2. The molecule has 2 amide bonds. The van der Waals surface area contributed by atoms with Gasteiger partial charge in [-0.3, -0.25) is 19.6 Å². The number of benzene rings is 3. The molecule has 0 saturated heterocycles. The maximum Gasteiger partial charge on any atom is 0.260 e. The number of carbonyl (C=O) groups is 2. The first kappa shape index (κ1) is 54.0. The zero-order valence-electron chi connectivity index (χ0n) is 42.7. The van der Waals surface area contributed by atoms with Gasteiger partial charge in [0.25, 0.3) is 11.8 Å². The third-order valence-electron chi connectivity index (χ3n) is 12.4. The van der Waals surface area contributed by atoms with E-state index >= 15 is 0 Å². The van der Waals surface area contributed by atoms with E-state index in [1.54, 1.807) is 59.7 Å². The summed E-state index contributed by atoms with van der Waals surface area (Å²) in [4.78, 5) is 45.2. The van der Waals surface area contributed by atoms with E-state index in [0.717, 1.165) is 28.0 Å². The molecule has 0 fully saturated rings. The van der Waals surface area contributed by atoms with Gasteiger partial charge in [-0.1, -0.05) is 18.1 Å². The van der Waals surface area contributed by atoms with Gasteiger partial charge in [0, 0.05) is 75.0 Å². The molecule has 4 aromatic rings. The van der Waals surface area contributed by atoms with Gasteiger partial charge in [0.15, 0.2) is 23.0 Å². The number of carbonyl (C=O) groups excluding carboxylic acids is 2. The molecule has 0 bridgehead atoms. The lowest BCUT2D eigenvalue weighted by molar-refractivity contribution is -0.0125. The molecule has 0 aliphatic carbocycles. The standard InChI is InChI=1S/C56H64N6O13/c1-5-13-57-14-17-68-18-19-69-20-21-70-22-23-71-24-25-72-26-27-75-54-12-9-40(34-60-54)42-29-44-36-59-49-33-53(51(67-4)31-47(49)56(64)62(44)38-42)74-16-6-15-73-52-32-48-46(30-50(52)66-3)55(63)61-37-41(28-43(61)35-58-48)39-7-10-45(65-2)11-8-39/h1,7-12,30-38,43-44,57H,6,13-29H2,2-4H3. The average molecular weight is 1030 g/mol. The molecule has 19 nitrogen and oxygen atoms in total. The van der Waals surface area contributed by atoms with Gasteiger partial charge in [-0.2, -0.15) is 0 Å². The second-order valence-corrected chi connectivity index (χ2v) is 17.3. The fraction of sp³-hybridized carbons (Fsp3) is 0.411. The molecule has 19 heteroatoms. The quantitative estimate of drug-likeness (QED) is 0.0420. The lowest BCUT2D eigenvalue weighted by Gasteiger charge is -2.19. The highest BCUT2D eigenvalue weighted by Crippen LogP contribution is 2.42. The average Bonchev–Trinajstić information content (AvgIpc) is 4.02. The molecule has 1 aromatic heterocycles. The number of aliphatic imine (C=N–C) groups is 2. The summed E-state index contributed by atoms with van der Waals surface area (Å²) in [5, 5.41) is 3.06. The molecule has 396 valence electrons. The fourth-order valence-electron chi connectivity index (χ4n) is 8.52. The van der Waals surface area contributed by atoms with E-state index in [0.29, 0.717) is 156 Å². The van der Waals surface area contributed by atoms with Crippen LogP contribution >= 0.6 is 0 Å². The smallest absolute Gasteiger partial charge is 0.260 e. The number of rotatable bonds is 31. The Hall–Kier alpha value is -7.31. The number of methoxy groups -OCH3 is 3. The number of pyridine rings is 1. The summed E-state index contributed by atoms with van der Waals surface area (Å²) >= 11 is 0. The summed E-state index contributed by atoms with van der Waals surface area (Å²) in [5.41, 5.74) is 5.69. The van der Waals surface area contributed by atoms with Crippen LogP contribution in [-0.2, 0) is 23.7 Å². The molecular formula is C56H64N6O13. The van der Waals surface area contributed by atoms with Crippen LogP contribution in [0.15, 0.2) is 89.2 Å². The summed E-state index contributed by atoms with van der Waals surface area (Å²) in [6.07, 6.45) is 16.0. The summed E-state index contributed by atoms with van der Waals surface area (Å²) in [5.74, 6) is 5.11. The molecular weight excluding hydrogens is 965 g/mol. The number of hydrogen-bond donors (Lipinski definition) is 1. The Bertz CT molecular complexity index is 2720. The number of nitrogens with zero attached hydrogens (tertiary/aromatic N) is 5. The van der Waals surface area contributed by atoms with E-state index in [-0.39, 0.29) is 37.1 Å². The Morgan fingerprint density at radius 1 is 0.573 bits per heavy atom. The van der Waals surface area contributed by atoms with Gasteiger partial charge in [-0.25, -0.2) is 4.98 Å². The predicted octanol–water partition coefficient (Wildman–Crippen LogP) is 6.58. The Morgan fingerprint density at radius 3 is 1.55 bits per heavy atom. The Balaban J connectivity index is 0.733. The van der Waals surface area contributed by atoms with Crippen LogP contribution < -0.4 is 33.7 Å². The predicted molar refractivity (Wildman–Crippen MR) is 282 cm³/mol. The number of hydrogen-bond acceptors (Lipinski definition) is 17. The first-order valence-corrected chi connectivity index (χ1v) is 25.0. The maximum atomic E-state index is 14.0. The molecule has 2 atom stereocenters. The van der Waals surface area contributed by atoms with Crippen LogP contribution in [0.1, 0.15) is 51.1 Å². The molecule has 4 aliphatic rings. The molecule has 75 heavy (non-hydrogen) atoms. The molecule has 5 heterocycles. The van der Waals surface area contributed by atoms with Gasteiger partial charge < -0.3 is 67.2 Å². The summed E-state index contributed by atoms with van der Waals surface area (Å²) in [6.45, 7) is 6.94. The van der Waals surface area contributed by atoms with Crippen molar-refractivity contribution < 1.29 is 61.7 Å². The van der Waals surface area contributed by atoms with Crippen LogP contribution in [0, 0.1) is 12.3 Å². The first-order valence-electron chi connectivity index (χ1n) is 25.0. The van der Waals surface area contributed by atoms with E-state index in [2.05, 4.69) is 16.2 Å². The largest absolute Gasteiger partial charge is 0.497 e. The number of amides is 2. The third kappa shape index (κ3) is 14.5. The van der Waals surface area contributed by atoms with Crippen molar-refractivity contribution in [2.75, 3.05) is 120 Å². The zero-order valence-corrected chi connectivity index (χ0v) is 42.7. The minimum atomic E-state index is -0.285. The third-order valence-corrected chi connectivity index (χ3v) is 12.4. The van der Waals surface area contributed by atoms with Gasteiger partial charge in [0.05, 0.1) is 142 Å². The second kappa shape index (κ2) is 27.8. The topological polar surface area (TPSA) is 192 Å². The Morgan fingerprint density at radius 2 is 1.07 bits per heavy atom. The van der Waals surface area contributed by atoms with Crippen LogP contribution in [-0.4, -0.2) is 171 Å². The van der Waals surface area contributed by atoms with Gasteiger partial charge in [-0.15, -0.1) is 6.42 Å². The highest BCUT2D eigenvalue weighted by atomic mass is 16.6. The molecule has 0 radical (unpaired) electrons. The Labute approximate surface area is 437 Å². The van der Waals surface area contributed by atoms with Crippen molar-refractivity contribution >= 4 is 46.8 Å². The van der Waals surface area contributed by atoms with Crippen molar-refractivity contribution in [3.63, 3.8) is 0 Å². The van der Waals surface area contributed by atoms with E-state index in [9.17, 15) is 9.59 Å². The van der Waals surface area contributed by atoms with E-state index < -0.39 is 0 Å². The van der Waals surface area contributed by atoms with Crippen molar-refractivity contribution in [3.8, 4) is 47.0 Å². The summed E-state index contributed by atoms with van der Waals surface area (Å²) in [7, 11) is 4.70. The van der Waals surface area contributed by atoms with Gasteiger partial charge in [-0.05, 0) is 52.6 Å². The van der Waals surface area contributed by atoms with Gasteiger partial charge in [0.1, 0.15) is 12.4 Å². The van der Waals surface area contributed by atoms with E-state index in [4.69, 9.17) is 68.5 Å². The van der Waals surface area contributed by atoms with Gasteiger partial charge in [0.2, 0.25) is 5.88 Å². The van der Waals surface area contributed by atoms with Crippen molar-refractivity contribution in [1.29, 1.82) is 0 Å². The Kier molecular flexibility index (Phi) is 20.0. The molecule has 8 rings (SSSR count). The lowest BCUT2D eigenvalue weighted by Crippen LogP contribution is -2.32. The lowest BCUT2D eigenvalue weighted by atomic mass is 10.0. The van der Waals surface area contributed by atoms with Crippen molar-refractivity contribution in [3.05, 3.63) is 102 Å². The minimum Gasteiger partial charge on any atom is -0.497 e. The van der Waals surface area contributed by atoms with Crippen LogP contribution in [0.25, 0.3) is 11.1 Å². The number of fused-ring (bicyclic) bond motifs is 4. The highest BCUT2D eigenvalue weighted by molar-refractivity contribution is 6.06. The van der Waals surface area contributed by atoms with Crippen molar-refractivity contribution in [1.82, 2.24) is 20.1 Å². The first-order chi connectivity index (χ1) is 36.9. The summed E-state index contributed by atoms with van der Waals surface area (Å²) in [6, 6.07) is 17.8. The van der Waals surface area contributed by atoms with Crippen LogP contribution in [0.5, 0.6) is 34.6 Å². The van der Waals surface area contributed by atoms with E-state index in [1.807, 2.05) is 48.9 Å². The molecule has 2 unspecified atom stereocenters. The zero-order chi connectivity index (χ0) is 52.2. The minimum absolute atomic E-state index is 0.168. The maximum absolute atomic E-state index is 14.0. The number of ether oxygens (including phenoxy) is 11. The number of terminal acetylenes is 1. The SMILES string of the molecule is C#CCNCCOCCOCCOCCOCCOCCOc1ccc(C2=CN3C(=O)c4cc(OC)c(OCCCOc5cc6c(cc5OC)C(=O)N5C=C(c7ccc(OC)cc7)CC5C=N6)cc4N=CC3C2)cn1. The molecule has 4 aliphatic heterocycles. The monoisotopic (exact) mass is 1030 g/mol. The molecule has 1 N–H and O–H groups in total. The van der Waals surface area contributed by atoms with E-state index in [1.165, 1.54) is 14.2 Å². The van der Waals surface area contributed by atoms with Crippen LogP contribution in [0.3, 0.4) is 0 Å². The van der Waals surface area contributed by atoms with Crippen molar-refractivity contribution in [2.45, 2.75) is 31.3 Å². The molecule has 3 aromatic carbocycles. The summed E-state index contributed by atoms with van der Waals surface area (Å²) < 4.78 is 62.4. The van der Waals surface area contributed by atoms with Gasteiger partial charge >= 0.3 is 0 Å². The fourth-order valence-corrected chi connectivity index (χ4v) is 8.52. The molecule has 0 saturated carbocycles. The highest BCUT2D eigenvalue weighted by Gasteiger charge is 2.35. The van der Waals surface area contributed by atoms with Crippen LogP contribution in [0.4, 0.5) is 11.4 Å². The second-order valence-electron chi connectivity index (χ2n) is 17.3. The van der Waals surface area contributed by atoms with Crippen LogP contribution in [0.2, 0.25) is 0 Å². The molecule has 0 spiro atoms.